The van der Waals surface area contributed by atoms with Crippen LogP contribution in [0, 0.1) is 0 Å². The number of thiazole rings is 2. The number of alkyl carbamates (subject to hydrolysis) is 1. The zero-order chi connectivity index (χ0) is 36.2. The summed E-state index contributed by atoms with van der Waals surface area (Å²) in [5, 5.41) is 22.7. The van der Waals surface area contributed by atoms with Crippen LogP contribution < -0.4 is 16.0 Å². The molecule has 0 radical (unpaired) electrons. The first kappa shape index (κ1) is 37.9. The van der Waals surface area contributed by atoms with Gasteiger partial charge in [0.2, 0.25) is 5.91 Å². The van der Waals surface area contributed by atoms with Crippen LogP contribution in [0.1, 0.15) is 79.1 Å². The fourth-order valence-corrected chi connectivity index (χ4v) is 7.14. The van der Waals surface area contributed by atoms with Crippen LogP contribution in [0.25, 0.3) is 0 Å². The van der Waals surface area contributed by atoms with Crippen molar-refractivity contribution >= 4 is 40.7 Å². The molecule has 2 aromatic carbocycles. The van der Waals surface area contributed by atoms with Crippen molar-refractivity contribution in [3.8, 4) is 0 Å². The first-order chi connectivity index (χ1) is 24.6. The molecule has 2 heterocycles. The zero-order valence-corrected chi connectivity index (χ0v) is 31.0. The molecular weight excluding hydrogens is 685 g/mol. The van der Waals surface area contributed by atoms with E-state index in [-0.39, 0.29) is 24.7 Å². The second-order valence-electron chi connectivity index (χ2n) is 13.4. The van der Waals surface area contributed by atoms with Crippen LogP contribution in [0.3, 0.4) is 0 Å². The maximum absolute atomic E-state index is 13.9. The summed E-state index contributed by atoms with van der Waals surface area (Å²) in [6.07, 6.45) is 3.93. The maximum Gasteiger partial charge on any atom is 0.407 e. The average molecular weight is 733 g/mol. The van der Waals surface area contributed by atoms with Gasteiger partial charge in [-0.15, -0.1) is 22.7 Å². The van der Waals surface area contributed by atoms with Crippen molar-refractivity contribution in [3.05, 3.63) is 104 Å². The second kappa shape index (κ2) is 18.8. The molecule has 5 rings (SSSR count). The van der Waals surface area contributed by atoms with Gasteiger partial charge in [0.15, 0.2) is 0 Å². The molecule has 4 amide bonds. The number of urea groups is 1. The Balaban J connectivity index is 1.26. The topological polar surface area (TPSA) is 146 Å². The van der Waals surface area contributed by atoms with Crippen molar-refractivity contribution in [1.29, 1.82) is 0 Å². The van der Waals surface area contributed by atoms with Crippen LogP contribution in [0.4, 0.5) is 9.59 Å². The summed E-state index contributed by atoms with van der Waals surface area (Å²) in [4.78, 5) is 51.7. The fraction of sp³-hybridized carbons (Fsp3) is 0.447. The third-order valence-electron chi connectivity index (χ3n) is 8.70. The molecule has 0 saturated heterocycles. The molecule has 4 atom stereocenters. The van der Waals surface area contributed by atoms with Crippen molar-refractivity contribution in [1.82, 2.24) is 30.8 Å². The minimum Gasteiger partial charge on any atom is -0.444 e. The molecule has 0 spiro atoms. The highest BCUT2D eigenvalue weighted by Crippen LogP contribution is 2.29. The highest BCUT2D eigenvalue weighted by molar-refractivity contribution is 7.09. The summed E-state index contributed by atoms with van der Waals surface area (Å²) >= 11 is 3.00. The number of aliphatic hydroxyl groups is 1. The van der Waals surface area contributed by atoms with Gasteiger partial charge in [-0.1, -0.05) is 74.5 Å². The Kier molecular flexibility index (Phi) is 14.0. The van der Waals surface area contributed by atoms with E-state index in [9.17, 15) is 19.5 Å². The van der Waals surface area contributed by atoms with Crippen LogP contribution in [0.15, 0.2) is 77.8 Å². The lowest BCUT2D eigenvalue weighted by Crippen LogP contribution is -2.57. The van der Waals surface area contributed by atoms with E-state index in [0.717, 1.165) is 39.5 Å². The molecule has 4 unspecified atom stereocenters. The van der Waals surface area contributed by atoms with E-state index < -0.39 is 30.2 Å². The summed E-state index contributed by atoms with van der Waals surface area (Å²) in [7, 11) is 0. The molecule has 1 saturated carbocycles. The van der Waals surface area contributed by atoms with Crippen LogP contribution in [-0.4, -0.2) is 68.3 Å². The normalized spacial score (nSPS) is 15.0. The first-order valence-corrected chi connectivity index (χ1v) is 19.3. The van der Waals surface area contributed by atoms with Crippen molar-refractivity contribution in [2.24, 2.45) is 0 Å². The molecule has 4 N–H and O–H groups in total. The lowest BCUT2D eigenvalue weighted by atomic mass is 9.95. The summed E-state index contributed by atoms with van der Waals surface area (Å²) in [6.45, 7) is 6.15. The van der Waals surface area contributed by atoms with Crippen molar-refractivity contribution in [3.63, 3.8) is 0 Å². The van der Waals surface area contributed by atoms with E-state index in [1.54, 1.807) is 27.9 Å². The van der Waals surface area contributed by atoms with E-state index in [0.29, 0.717) is 38.1 Å². The molecule has 13 heteroatoms. The Hall–Kier alpha value is -4.33. The second-order valence-corrected chi connectivity index (χ2v) is 15.3. The van der Waals surface area contributed by atoms with E-state index in [1.807, 2.05) is 66.0 Å². The standard InChI is InChI=1S/C38H48N6O5S2/c1-25(2)36-41-31(23-50-36)21-44(32-16-17-32)37(47)43-34(26(3)45)35(46)40-29(18-27-10-6-4-7-11-27)14-15-30(19-28-12-8-5-9-13-28)42-38(48)49-22-33-20-39-24-51-33/h4-13,20,23-26,29-30,32,34,45H,14-19,21-22H2,1-3H3,(H,40,46)(H,42,48)(H,43,47). The van der Waals surface area contributed by atoms with Gasteiger partial charge in [0.25, 0.3) is 0 Å². The van der Waals surface area contributed by atoms with Crippen LogP contribution in [0.5, 0.6) is 0 Å². The molecule has 2 aromatic heterocycles. The largest absolute Gasteiger partial charge is 0.444 e. The van der Waals surface area contributed by atoms with Gasteiger partial charge in [-0.3, -0.25) is 9.78 Å². The molecule has 11 nitrogen and oxygen atoms in total. The molecule has 0 bridgehead atoms. The lowest BCUT2D eigenvalue weighted by molar-refractivity contribution is -0.126. The number of hydrogen-bond donors (Lipinski definition) is 4. The number of carbonyl (C=O) groups excluding carboxylic acids is 3. The third-order valence-corrected chi connectivity index (χ3v) is 10.6. The van der Waals surface area contributed by atoms with Crippen LogP contribution in [-0.2, 0) is 35.5 Å². The number of carbonyl (C=O) groups is 3. The van der Waals surface area contributed by atoms with Gasteiger partial charge in [-0.2, -0.15) is 0 Å². The van der Waals surface area contributed by atoms with E-state index in [1.165, 1.54) is 18.3 Å². The zero-order valence-electron chi connectivity index (χ0n) is 29.4. The quantitative estimate of drug-likeness (QED) is 0.0955. The first-order valence-electron chi connectivity index (χ1n) is 17.5. The minimum absolute atomic E-state index is 0.0699. The van der Waals surface area contributed by atoms with Gasteiger partial charge in [0.05, 0.1) is 33.7 Å². The van der Waals surface area contributed by atoms with Gasteiger partial charge in [-0.25, -0.2) is 14.6 Å². The lowest BCUT2D eigenvalue weighted by Gasteiger charge is -2.29. The van der Waals surface area contributed by atoms with E-state index in [4.69, 9.17) is 9.72 Å². The Bertz CT molecular complexity index is 1660. The Morgan fingerprint density at radius 1 is 0.902 bits per heavy atom. The minimum atomic E-state index is -1.17. The number of ether oxygens (including phenoxy) is 1. The Labute approximate surface area is 307 Å². The number of nitrogens with zero attached hydrogens (tertiary/aromatic N) is 3. The molecule has 1 aliphatic carbocycles. The SMILES string of the molecule is CC(C)c1nc(CN(C(=O)NC(C(=O)NC(CCC(Cc2ccccc2)NC(=O)OCc2cncs2)Cc2ccccc2)C(C)O)C2CC2)cs1. The monoisotopic (exact) mass is 732 g/mol. The number of nitrogens with one attached hydrogen (secondary N) is 3. The van der Waals surface area contributed by atoms with E-state index >= 15 is 0 Å². The third kappa shape index (κ3) is 12.1. The molecule has 272 valence electrons. The van der Waals surface area contributed by atoms with Crippen molar-refractivity contribution < 1.29 is 24.2 Å². The van der Waals surface area contributed by atoms with Crippen molar-refractivity contribution in [2.45, 2.75) is 109 Å². The van der Waals surface area contributed by atoms with E-state index in [2.05, 4.69) is 34.8 Å². The number of aliphatic hydroxyl groups excluding tert-OH is 1. The molecular formula is C38H48N6O5S2. The number of aromatic nitrogens is 2. The Morgan fingerprint density at radius 3 is 2.06 bits per heavy atom. The van der Waals surface area contributed by atoms with Crippen LogP contribution >= 0.6 is 22.7 Å². The van der Waals surface area contributed by atoms with Gasteiger partial charge < -0.3 is 30.7 Å². The van der Waals surface area contributed by atoms with Gasteiger partial charge >= 0.3 is 12.1 Å². The fourth-order valence-electron chi connectivity index (χ4n) is 5.81. The highest BCUT2D eigenvalue weighted by atomic mass is 32.1. The molecule has 1 fully saturated rings. The van der Waals surface area contributed by atoms with Gasteiger partial charge in [0.1, 0.15) is 12.6 Å². The van der Waals surface area contributed by atoms with Gasteiger partial charge in [0, 0.05) is 35.6 Å². The van der Waals surface area contributed by atoms with Crippen LogP contribution in [0.2, 0.25) is 0 Å². The maximum atomic E-state index is 13.9. The summed E-state index contributed by atoms with van der Waals surface area (Å²) in [6, 6.07) is 17.6. The predicted molar refractivity (Wildman–Crippen MR) is 199 cm³/mol. The molecule has 51 heavy (non-hydrogen) atoms. The average Bonchev–Trinajstić information content (AvgIpc) is 3.59. The van der Waals surface area contributed by atoms with Gasteiger partial charge in [-0.05, 0) is 56.6 Å². The van der Waals surface area contributed by atoms with Crippen molar-refractivity contribution in [2.75, 3.05) is 0 Å². The Morgan fingerprint density at radius 2 is 1.53 bits per heavy atom. The number of hydrogen-bond acceptors (Lipinski definition) is 9. The number of rotatable bonds is 18. The number of amides is 4. The number of benzene rings is 2. The predicted octanol–water partition coefficient (Wildman–Crippen LogP) is 6.19. The summed E-state index contributed by atoms with van der Waals surface area (Å²) < 4.78 is 5.48. The molecule has 0 aliphatic heterocycles. The summed E-state index contributed by atoms with van der Waals surface area (Å²) in [5.74, 6) is -0.172. The smallest absolute Gasteiger partial charge is 0.407 e. The summed E-state index contributed by atoms with van der Waals surface area (Å²) in [5.41, 5.74) is 4.60. The molecule has 1 aliphatic rings. The molecule has 4 aromatic rings. The highest BCUT2D eigenvalue weighted by Gasteiger charge is 2.36.